The van der Waals surface area contributed by atoms with Crippen LogP contribution in [0.25, 0.3) is 10.8 Å². The van der Waals surface area contributed by atoms with Gasteiger partial charge in [-0.1, -0.05) is 0 Å². The van der Waals surface area contributed by atoms with Crippen LogP contribution in [0.1, 0.15) is 74.0 Å². The first-order valence-corrected chi connectivity index (χ1v) is 14.5. The summed E-state index contributed by atoms with van der Waals surface area (Å²) >= 11 is 5.60. The normalized spacial score (nSPS) is 18.0. The van der Waals surface area contributed by atoms with Gasteiger partial charge >= 0.3 is 0 Å². The molecule has 1 atom stereocenters. The standard InChI is InChI=1S/C26H33FN6O2S2/c1-15-10-24(33(4)32-15)31-25(36)30-21-7-5-6-17-18(21)12-23(37(34,35)29-14-26(2,3)27)19-11-22(16-8-9-16)28-13-20(17)19/h10-13,16,21,29H,5-9,14H2,1-4H3,(H2,30,31,36). The Morgan fingerprint density at radius 3 is 2.62 bits per heavy atom. The van der Waals surface area contributed by atoms with E-state index in [-0.39, 0.29) is 17.5 Å². The fourth-order valence-electron chi connectivity index (χ4n) is 4.96. The first-order chi connectivity index (χ1) is 17.4. The number of hydrogen-bond donors (Lipinski definition) is 3. The molecule has 0 radical (unpaired) electrons. The van der Waals surface area contributed by atoms with Crippen LogP contribution in [-0.2, 0) is 23.5 Å². The molecule has 0 saturated heterocycles. The Labute approximate surface area is 222 Å². The second-order valence-electron chi connectivity index (χ2n) is 10.8. The highest BCUT2D eigenvalue weighted by atomic mass is 32.2. The lowest BCUT2D eigenvalue weighted by atomic mass is 9.85. The highest BCUT2D eigenvalue weighted by Crippen LogP contribution is 2.43. The van der Waals surface area contributed by atoms with E-state index in [0.29, 0.717) is 16.4 Å². The van der Waals surface area contributed by atoms with Gasteiger partial charge in [-0.05, 0) is 88.4 Å². The number of sulfonamides is 1. The number of pyridine rings is 1. The molecule has 8 nitrogen and oxygen atoms in total. The Balaban J connectivity index is 1.54. The van der Waals surface area contributed by atoms with E-state index < -0.39 is 15.7 Å². The molecule has 2 heterocycles. The van der Waals surface area contributed by atoms with Crippen molar-refractivity contribution in [3.63, 3.8) is 0 Å². The molecule has 11 heteroatoms. The molecule has 0 amide bonds. The average Bonchev–Trinajstić information content (AvgIpc) is 3.62. The van der Waals surface area contributed by atoms with Crippen LogP contribution in [0.5, 0.6) is 0 Å². The monoisotopic (exact) mass is 544 g/mol. The molecular formula is C26H33FN6O2S2. The molecule has 2 aliphatic rings. The van der Waals surface area contributed by atoms with Gasteiger partial charge in [-0.25, -0.2) is 17.5 Å². The lowest BCUT2D eigenvalue weighted by Gasteiger charge is -2.29. The van der Waals surface area contributed by atoms with Crippen LogP contribution in [0.4, 0.5) is 10.2 Å². The van der Waals surface area contributed by atoms with Gasteiger partial charge in [0.25, 0.3) is 0 Å². The highest BCUT2D eigenvalue weighted by molar-refractivity contribution is 7.89. The van der Waals surface area contributed by atoms with E-state index in [2.05, 4.69) is 20.5 Å². The Morgan fingerprint density at radius 1 is 1.22 bits per heavy atom. The van der Waals surface area contributed by atoms with Crippen molar-refractivity contribution >= 4 is 43.9 Å². The van der Waals surface area contributed by atoms with Crippen LogP contribution in [0.3, 0.4) is 0 Å². The van der Waals surface area contributed by atoms with Crippen molar-refractivity contribution in [3.05, 3.63) is 46.9 Å². The summed E-state index contributed by atoms with van der Waals surface area (Å²) in [5.41, 5.74) is 2.07. The smallest absolute Gasteiger partial charge is 0.241 e. The number of thiocarbonyl (C=S) groups is 1. The maximum Gasteiger partial charge on any atom is 0.241 e. The zero-order valence-electron chi connectivity index (χ0n) is 21.6. The van der Waals surface area contributed by atoms with Crippen molar-refractivity contribution in [2.75, 3.05) is 11.9 Å². The van der Waals surface area contributed by atoms with E-state index in [1.165, 1.54) is 13.8 Å². The molecule has 3 aromatic rings. The third-order valence-electron chi connectivity index (χ3n) is 6.96. The molecule has 2 aromatic heterocycles. The van der Waals surface area contributed by atoms with Gasteiger partial charge in [0, 0.05) is 48.2 Å². The van der Waals surface area contributed by atoms with E-state index in [0.717, 1.165) is 65.8 Å². The molecule has 0 aliphatic heterocycles. The van der Waals surface area contributed by atoms with Crippen molar-refractivity contribution in [1.82, 2.24) is 24.8 Å². The summed E-state index contributed by atoms with van der Waals surface area (Å²) in [5.74, 6) is 1.14. The van der Waals surface area contributed by atoms with E-state index in [1.807, 2.05) is 32.3 Å². The van der Waals surface area contributed by atoms with Gasteiger partial charge in [-0.2, -0.15) is 5.10 Å². The summed E-state index contributed by atoms with van der Waals surface area (Å²) in [6.07, 6.45) is 6.48. The predicted molar refractivity (Wildman–Crippen MR) is 147 cm³/mol. The van der Waals surface area contributed by atoms with Crippen LogP contribution >= 0.6 is 12.2 Å². The number of rotatable bonds is 7. The second kappa shape index (κ2) is 9.59. The number of halogens is 1. The molecule has 1 saturated carbocycles. The number of aryl methyl sites for hydroxylation is 3. The van der Waals surface area contributed by atoms with Gasteiger partial charge < -0.3 is 10.6 Å². The Hall–Kier alpha value is -2.63. The second-order valence-corrected chi connectivity index (χ2v) is 12.9. The molecule has 1 fully saturated rings. The van der Waals surface area contributed by atoms with Gasteiger partial charge in [0.05, 0.1) is 16.6 Å². The highest BCUT2D eigenvalue weighted by Gasteiger charge is 2.31. The van der Waals surface area contributed by atoms with Crippen molar-refractivity contribution in [3.8, 4) is 0 Å². The van der Waals surface area contributed by atoms with Crippen LogP contribution in [0.15, 0.2) is 29.3 Å². The van der Waals surface area contributed by atoms with Gasteiger partial charge in [-0.3, -0.25) is 9.67 Å². The molecule has 3 N–H and O–H groups in total. The Kier molecular flexibility index (Phi) is 6.74. The summed E-state index contributed by atoms with van der Waals surface area (Å²) in [7, 11) is -2.15. The van der Waals surface area contributed by atoms with E-state index in [9.17, 15) is 12.8 Å². The predicted octanol–water partition coefficient (Wildman–Crippen LogP) is 4.54. The Bertz CT molecular complexity index is 1470. The zero-order chi connectivity index (χ0) is 26.5. The lowest BCUT2D eigenvalue weighted by molar-refractivity contribution is 0.221. The topological polar surface area (TPSA) is 101 Å². The summed E-state index contributed by atoms with van der Waals surface area (Å²) in [6.45, 7) is 4.31. The van der Waals surface area contributed by atoms with Gasteiger partial charge in [0.15, 0.2) is 5.11 Å². The number of hydrogen-bond acceptors (Lipinski definition) is 5. The molecule has 0 spiro atoms. The van der Waals surface area contributed by atoms with Crippen molar-refractivity contribution in [1.29, 1.82) is 0 Å². The SMILES string of the molecule is Cc1cc(NC(=S)NC2CCCc3c2cc(S(=O)(=O)NCC(C)(C)F)c2cc(C4CC4)ncc32)n(C)n1. The first-order valence-electron chi connectivity index (χ1n) is 12.6. The summed E-state index contributed by atoms with van der Waals surface area (Å²) in [6, 6.07) is 5.38. The molecule has 1 unspecified atom stereocenters. The molecule has 198 valence electrons. The third-order valence-corrected chi connectivity index (χ3v) is 8.62. The van der Waals surface area contributed by atoms with Gasteiger partial charge in [0.2, 0.25) is 10.0 Å². The minimum absolute atomic E-state index is 0.157. The largest absolute Gasteiger partial charge is 0.356 e. The Morgan fingerprint density at radius 2 is 1.97 bits per heavy atom. The van der Waals surface area contributed by atoms with E-state index in [4.69, 9.17) is 17.2 Å². The van der Waals surface area contributed by atoms with Crippen molar-refractivity contribution in [2.45, 2.75) is 75.4 Å². The summed E-state index contributed by atoms with van der Waals surface area (Å²) < 4.78 is 45.5. The fraction of sp³-hybridized carbons (Fsp3) is 0.500. The minimum atomic E-state index is -3.98. The number of aromatic nitrogens is 3. The van der Waals surface area contributed by atoms with E-state index >= 15 is 0 Å². The maximum atomic E-state index is 14.2. The third kappa shape index (κ3) is 5.63. The molecule has 5 rings (SSSR count). The molecule has 0 bridgehead atoms. The van der Waals surface area contributed by atoms with Crippen molar-refractivity contribution < 1.29 is 12.8 Å². The zero-order valence-corrected chi connectivity index (χ0v) is 23.2. The van der Waals surface area contributed by atoms with Crippen LogP contribution in [-0.4, -0.2) is 40.5 Å². The van der Waals surface area contributed by atoms with Gasteiger partial charge in [0.1, 0.15) is 11.5 Å². The number of fused-ring (bicyclic) bond motifs is 3. The first kappa shape index (κ1) is 26.0. The summed E-state index contributed by atoms with van der Waals surface area (Å²) in [5, 5.41) is 12.8. The number of anilines is 1. The average molecular weight is 545 g/mol. The maximum absolute atomic E-state index is 14.2. The molecule has 37 heavy (non-hydrogen) atoms. The summed E-state index contributed by atoms with van der Waals surface area (Å²) in [4.78, 5) is 4.85. The van der Waals surface area contributed by atoms with E-state index in [1.54, 1.807) is 10.7 Å². The number of benzene rings is 1. The quantitative estimate of drug-likeness (QED) is 0.375. The fourth-order valence-corrected chi connectivity index (χ4v) is 6.64. The number of nitrogens with one attached hydrogen (secondary N) is 3. The van der Waals surface area contributed by atoms with Crippen LogP contribution in [0, 0.1) is 6.92 Å². The minimum Gasteiger partial charge on any atom is -0.356 e. The molecular weight excluding hydrogens is 511 g/mol. The van der Waals surface area contributed by atoms with Crippen molar-refractivity contribution in [2.24, 2.45) is 7.05 Å². The van der Waals surface area contributed by atoms with Gasteiger partial charge in [-0.15, -0.1) is 0 Å². The number of nitrogens with zero attached hydrogens (tertiary/aromatic N) is 3. The lowest BCUT2D eigenvalue weighted by Crippen LogP contribution is -2.36. The number of alkyl halides is 1. The van der Waals surface area contributed by atoms with Crippen LogP contribution in [0.2, 0.25) is 0 Å². The van der Waals surface area contributed by atoms with Crippen LogP contribution < -0.4 is 15.4 Å². The molecule has 1 aromatic carbocycles. The molecule has 2 aliphatic carbocycles.